The average molecular weight is 252 g/mol. The van der Waals surface area contributed by atoms with Crippen LogP contribution < -0.4 is 10.9 Å². The molecule has 0 unspecified atom stereocenters. The quantitative estimate of drug-likeness (QED) is 0.353. The van der Waals surface area contributed by atoms with Crippen LogP contribution in [-0.2, 0) is 9.53 Å². The van der Waals surface area contributed by atoms with Gasteiger partial charge in [0, 0.05) is 11.0 Å². The lowest BCUT2D eigenvalue weighted by molar-refractivity contribution is -0.116. The molecule has 2 N–H and O–H groups in total. The third-order valence-corrected chi connectivity index (χ3v) is 2.65. The summed E-state index contributed by atoms with van der Waals surface area (Å²) in [7, 11) is 0. The van der Waals surface area contributed by atoms with Gasteiger partial charge in [0.2, 0.25) is 0 Å². The van der Waals surface area contributed by atoms with E-state index in [0.717, 1.165) is 5.69 Å². The van der Waals surface area contributed by atoms with Crippen LogP contribution in [0.5, 0.6) is 0 Å². The molecule has 0 heterocycles. The Hall–Kier alpha value is -1.62. The van der Waals surface area contributed by atoms with Crippen molar-refractivity contribution in [2.45, 2.75) is 11.8 Å². The normalized spacial score (nSPS) is 10.2. The van der Waals surface area contributed by atoms with E-state index >= 15 is 0 Å². The first kappa shape index (κ1) is 13.4. The van der Waals surface area contributed by atoms with E-state index in [4.69, 9.17) is 4.74 Å². The average Bonchev–Trinajstić information content (AvgIpc) is 2.37. The first-order chi connectivity index (χ1) is 8.26. The second kappa shape index (κ2) is 7.62. The number of thioether (sulfide) groups is 1. The summed E-state index contributed by atoms with van der Waals surface area (Å²) < 4.78 is 4.91. The van der Waals surface area contributed by atoms with Gasteiger partial charge in [0.15, 0.2) is 0 Å². The number of carbonyl (C=O) groups excluding carboxylic acids is 1. The molecule has 1 rings (SSSR count). The third kappa shape index (κ3) is 5.31. The zero-order valence-electron chi connectivity index (χ0n) is 9.90. The molecule has 0 aliphatic rings. The second-order valence-electron chi connectivity index (χ2n) is 3.10. The molecule has 0 fully saturated rings. The molecule has 17 heavy (non-hydrogen) atoms. The van der Waals surface area contributed by atoms with E-state index < -0.39 is 0 Å². The van der Waals surface area contributed by atoms with E-state index in [0.29, 0.717) is 6.61 Å². The summed E-state index contributed by atoms with van der Waals surface area (Å²) in [6, 6.07) is 7.77. The number of hydrogen-bond donors (Lipinski definition) is 2. The molecule has 0 atom stereocenters. The maximum atomic E-state index is 11.3. The second-order valence-corrected chi connectivity index (χ2v) is 3.98. The van der Waals surface area contributed by atoms with E-state index in [9.17, 15) is 4.79 Å². The number of hydrazine groups is 1. The lowest BCUT2D eigenvalue weighted by Gasteiger charge is -2.06. The first-order valence-corrected chi connectivity index (χ1v) is 6.47. The molecule has 0 aliphatic heterocycles. The molecule has 4 nitrogen and oxygen atoms in total. The van der Waals surface area contributed by atoms with Crippen molar-refractivity contribution in [3.8, 4) is 0 Å². The molecule has 0 bridgehead atoms. The number of amides is 1. The summed E-state index contributed by atoms with van der Waals surface area (Å²) in [4.78, 5) is 12.4. The van der Waals surface area contributed by atoms with Crippen LogP contribution in [0.3, 0.4) is 0 Å². The fourth-order valence-corrected chi connectivity index (χ4v) is 1.46. The number of hydrogen-bond acceptors (Lipinski definition) is 4. The lowest BCUT2D eigenvalue weighted by Crippen LogP contribution is -2.27. The molecular formula is C12H16N2O2S. The predicted octanol–water partition coefficient (Wildman–Crippen LogP) is 2.40. The molecule has 5 heteroatoms. The van der Waals surface area contributed by atoms with Gasteiger partial charge in [0.05, 0.1) is 18.6 Å². The Labute approximate surface area is 105 Å². The van der Waals surface area contributed by atoms with Crippen LogP contribution in [0.4, 0.5) is 5.69 Å². The minimum absolute atomic E-state index is 0.257. The van der Waals surface area contributed by atoms with E-state index in [2.05, 4.69) is 10.9 Å². The van der Waals surface area contributed by atoms with Crippen LogP contribution in [0.1, 0.15) is 6.92 Å². The highest BCUT2D eigenvalue weighted by atomic mass is 32.2. The molecule has 0 aliphatic carbocycles. The maximum absolute atomic E-state index is 11.3. The Morgan fingerprint density at radius 1 is 1.41 bits per heavy atom. The van der Waals surface area contributed by atoms with Gasteiger partial charge in [0.25, 0.3) is 5.91 Å². The van der Waals surface area contributed by atoms with Crippen LogP contribution in [0.25, 0.3) is 0 Å². The predicted molar refractivity (Wildman–Crippen MR) is 70.8 cm³/mol. The van der Waals surface area contributed by atoms with E-state index in [1.54, 1.807) is 11.8 Å². The molecular weight excluding hydrogens is 236 g/mol. The summed E-state index contributed by atoms with van der Waals surface area (Å²) in [6.45, 7) is 2.40. The monoisotopic (exact) mass is 252 g/mol. The van der Waals surface area contributed by atoms with Crippen molar-refractivity contribution < 1.29 is 9.53 Å². The van der Waals surface area contributed by atoms with Crippen molar-refractivity contribution in [2.24, 2.45) is 0 Å². The first-order valence-electron chi connectivity index (χ1n) is 5.24. The van der Waals surface area contributed by atoms with Crippen molar-refractivity contribution >= 4 is 23.4 Å². The lowest BCUT2D eigenvalue weighted by atomic mass is 10.3. The Morgan fingerprint density at radius 3 is 2.71 bits per heavy atom. The minimum atomic E-state index is -0.257. The van der Waals surface area contributed by atoms with E-state index in [1.807, 2.05) is 37.4 Å². The number of benzene rings is 1. The van der Waals surface area contributed by atoms with Gasteiger partial charge in [-0.2, -0.15) is 0 Å². The molecule has 0 aromatic heterocycles. The summed E-state index contributed by atoms with van der Waals surface area (Å²) >= 11 is 1.67. The molecule has 1 aromatic rings. The van der Waals surface area contributed by atoms with Crippen molar-refractivity contribution in [3.05, 3.63) is 36.6 Å². The molecule has 0 radical (unpaired) electrons. The topological polar surface area (TPSA) is 50.4 Å². The van der Waals surface area contributed by atoms with Crippen molar-refractivity contribution in [3.63, 3.8) is 0 Å². The fourth-order valence-electron chi connectivity index (χ4n) is 1.06. The van der Waals surface area contributed by atoms with Crippen molar-refractivity contribution in [1.29, 1.82) is 0 Å². The van der Waals surface area contributed by atoms with Gasteiger partial charge in [-0.3, -0.25) is 15.6 Å². The fraction of sp³-hybridized carbons (Fsp3) is 0.250. The summed E-state index contributed by atoms with van der Waals surface area (Å²) in [5, 5.41) is 0. The molecule has 0 saturated heterocycles. The zero-order valence-corrected chi connectivity index (χ0v) is 10.7. The summed E-state index contributed by atoms with van der Waals surface area (Å²) in [6.07, 6.45) is 4.71. The number of carbonyl (C=O) groups is 1. The molecule has 1 amide bonds. The Bertz CT molecular complexity index is 377. The molecule has 0 spiro atoms. The van der Waals surface area contributed by atoms with E-state index in [1.165, 1.54) is 17.2 Å². The number of rotatable bonds is 6. The molecule has 1 aromatic carbocycles. The maximum Gasteiger partial charge on any atom is 0.265 e. The van der Waals surface area contributed by atoms with Gasteiger partial charge in [0.1, 0.15) is 0 Å². The number of ether oxygens (including phenoxy) is 1. The molecule has 92 valence electrons. The highest BCUT2D eigenvalue weighted by molar-refractivity contribution is 7.98. The Balaban J connectivity index is 2.36. The van der Waals surface area contributed by atoms with Crippen molar-refractivity contribution in [1.82, 2.24) is 5.43 Å². The van der Waals surface area contributed by atoms with Gasteiger partial charge in [-0.25, -0.2) is 0 Å². The third-order valence-electron chi connectivity index (χ3n) is 1.90. The highest BCUT2D eigenvalue weighted by Crippen LogP contribution is 2.16. The standard InChI is InChI=1S/C12H16N2O2S/c1-3-16-9-8-12(15)14-13-10-4-6-11(17-2)7-5-10/h4-9,13H,3H2,1-2H3,(H,14,15)/b9-8+. The van der Waals surface area contributed by atoms with Crippen LogP contribution in [-0.4, -0.2) is 18.8 Å². The smallest absolute Gasteiger partial charge is 0.265 e. The van der Waals surface area contributed by atoms with Crippen LogP contribution in [0, 0.1) is 0 Å². The highest BCUT2D eigenvalue weighted by Gasteiger charge is 1.95. The van der Waals surface area contributed by atoms with Gasteiger partial charge in [-0.05, 0) is 37.4 Å². The Kier molecular flexibility index (Phi) is 6.03. The SMILES string of the molecule is CCO/C=C/C(=O)NNc1ccc(SC)cc1. The summed E-state index contributed by atoms with van der Waals surface area (Å²) in [5.74, 6) is -0.257. The van der Waals surface area contributed by atoms with Gasteiger partial charge in [-0.15, -0.1) is 11.8 Å². The molecule has 0 saturated carbocycles. The largest absolute Gasteiger partial charge is 0.501 e. The van der Waals surface area contributed by atoms with Gasteiger partial charge in [-0.1, -0.05) is 0 Å². The Morgan fingerprint density at radius 2 is 2.12 bits per heavy atom. The van der Waals surface area contributed by atoms with Crippen LogP contribution in [0.15, 0.2) is 41.5 Å². The van der Waals surface area contributed by atoms with Gasteiger partial charge < -0.3 is 4.74 Å². The van der Waals surface area contributed by atoms with E-state index in [-0.39, 0.29) is 5.91 Å². The zero-order chi connectivity index (χ0) is 12.5. The van der Waals surface area contributed by atoms with Crippen molar-refractivity contribution in [2.75, 3.05) is 18.3 Å². The summed E-state index contributed by atoms with van der Waals surface area (Å²) in [5.41, 5.74) is 6.17. The van der Waals surface area contributed by atoms with Crippen LogP contribution in [0.2, 0.25) is 0 Å². The van der Waals surface area contributed by atoms with Gasteiger partial charge >= 0.3 is 0 Å². The number of nitrogens with one attached hydrogen (secondary N) is 2. The number of anilines is 1. The minimum Gasteiger partial charge on any atom is -0.501 e. The van der Waals surface area contributed by atoms with Crippen LogP contribution >= 0.6 is 11.8 Å².